The van der Waals surface area contributed by atoms with Crippen molar-refractivity contribution in [2.24, 2.45) is 0 Å². The van der Waals surface area contributed by atoms with E-state index in [2.05, 4.69) is 0 Å². The number of nitrogens with zero attached hydrogens (tertiary/aromatic N) is 1. The highest BCUT2D eigenvalue weighted by molar-refractivity contribution is 6.21. The van der Waals surface area contributed by atoms with Crippen LogP contribution in [0, 0.1) is 0 Å². The standard InChI is InChI=1S/C12H10FNO2/c1-8(6-13)7-14-11(15)9-4-2-3-5-10(9)12(14)16/h2-6H,7H2,1H3/b8-6+. The first-order chi connectivity index (χ1) is 7.65. The summed E-state index contributed by atoms with van der Waals surface area (Å²) in [5, 5.41) is 0. The highest BCUT2D eigenvalue weighted by Gasteiger charge is 2.34. The molecule has 0 atom stereocenters. The van der Waals surface area contributed by atoms with Crippen molar-refractivity contribution in [1.82, 2.24) is 4.90 Å². The third-order valence-electron chi connectivity index (χ3n) is 2.47. The Hall–Kier alpha value is -1.97. The Morgan fingerprint density at radius 3 is 2.19 bits per heavy atom. The van der Waals surface area contributed by atoms with Gasteiger partial charge in [-0.15, -0.1) is 0 Å². The van der Waals surface area contributed by atoms with Crippen LogP contribution in [-0.4, -0.2) is 23.3 Å². The molecule has 0 radical (unpaired) electrons. The molecule has 4 heteroatoms. The summed E-state index contributed by atoms with van der Waals surface area (Å²) in [4.78, 5) is 24.7. The molecule has 0 fully saturated rings. The minimum Gasteiger partial charge on any atom is -0.270 e. The summed E-state index contributed by atoms with van der Waals surface area (Å²) < 4.78 is 12.2. The minimum absolute atomic E-state index is 0.00282. The van der Waals surface area contributed by atoms with Crippen molar-refractivity contribution in [2.45, 2.75) is 6.92 Å². The van der Waals surface area contributed by atoms with E-state index in [1.165, 1.54) is 6.92 Å². The predicted molar refractivity (Wildman–Crippen MR) is 56.7 cm³/mol. The van der Waals surface area contributed by atoms with E-state index in [9.17, 15) is 14.0 Å². The molecule has 0 unspecified atom stereocenters. The van der Waals surface area contributed by atoms with Crippen LogP contribution in [-0.2, 0) is 0 Å². The first kappa shape index (κ1) is 10.5. The highest BCUT2D eigenvalue weighted by atomic mass is 19.1. The normalized spacial score (nSPS) is 15.6. The molecule has 1 aromatic rings. The van der Waals surface area contributed by atoms with Crippen LogP contribution in [0.5, 0.6) is 0 Å². The monoisotopic (exact) mass is 219 g/mol. The summed E-state index contributed by atoms with van der Waals surface area (Å²) >= 11 is 0. The van der Waals surface area contributed by atoms with Crippen molar-refractivity contribution in [3.63, 3.8) is 0 Å². The molecule has 0 saturated heterocycles. The van der Waals surface area contributed by atoms with Gasteiger partial charge in [-0.2, -0.15) is 0 Å². The predicted octanol–water partition coefficient (Wildman–Crippen LogP) is 2.16. The molecule has 16 heavy (non-hydrogen) atoms. The molecular formula is C12H10FNO2. The van der Waals surface area contributed by atoms with E-state index in [-0.39, 0.29) is 18.4 Å². The topological polar surface area (TPSA) is 37.4 Å². The van der Waals surface area contributed by atoms with Gasteiger partial charge in [-0.05, 0) is 24.6 Å². The maximum atomic E-state index is 12.2. The molecule has 0 aromatic heterocycles. The van der Waals surface area contributed by atoms with Gasteiger partial charge in [-0.25, -0.2) is 4.39 Å². The van der Waals surface area contributed by atoms with E-state index in [1.54, 1.807) is 24.3 Å². The second kappa shape index (κ2) is 3.89. The van der Waals surface area contributed by atoms with Crippen LogP contribution in [0.25, 0.3) is 0 Å². The molecule has 0 N–H and O–H groups in total. The number of carbonyl (C=O) groups is 2. The van der Waals surface area contributed by atoms with Gasteiger partial charge in [-0.1, -0.05) is 12.1 Å². The van der Waals surface area contributed by atoms with Crippen LogP contribution < -0.4 is 0 Å². The SMILES string of the molecule is C/C(=C\F)CN1C(=O)c2ccccc2C1=O. The quantitative estimate of drug-likeness (QED) is 0.715. The van der Waals surface area contributed by atoms with Gasteiger partial charge in [0.1, 0.15) is 0 Å². The van der Waals surface area contributed by atoms with Gasteiger partial charge in [0.2, 0.25) is 0 Å². The lowest BCUT2D eigenvalue weighted by atomic mass is 10.1. The molecule has 2 amide bonds. The smallest absolute Gasteiger partial charge is 0.261 e. The van der Waals surface area contributed by atoms with E-state index in [1.807, 2.05) is 0 Å². The Kier molecular flexibility index (Phi) is 2.56. The Labute approximate surface area is 92.2 Å². The number of amides is 2. The second-order valence-electron chi connectivity index (χ2n) is 3.70. The average Bonchev–Trinajstić information content (AvgIpc) is 2.55. The van der Waals surface area contributed by atoms with Gasteiger partial charge in [0.15, 0.2) is 0 Å². The Bertz CT molecular complexity index is 459. The number of carbonyl (C=O) groups excluding carboxylic acids is 2. The van der Waals surface area contributed by atoms with Gasteiger partial charge in [0.25, 0.3) is 11.8 Å². The molecular weight excluding hydrogens is 209 g/mol. The van der Waals surface area contributed by atoms with Gasteiger partial charge in [0.05, 0.1) is 24.0 Å². The third kappa shape index (κ3) is 1.52. The van der Waals surface area contributed by atoms with Crippen LogP contribution >= 0.6 is 0 Å². The maximum Gasteiger partial charge on any atom is 0.261 e. The molecule has 0 spiro atoms. The Morgan fingerprint density at radius 2 is 1.75 bits per heavy atom. The summed E-state index contributed by atoms with van der Waals surface area (Å²) in [6.45, 7) is 1.53. The number of imide groups is 1. The number of hydrogen-bond donors (Lipinski definition) is 0. The Balaban J connectivity index is 2.35. The van der Waals surface area contributed by atoms with Gasteiger partial charge >= 0.3 is 0 Å². The minimum atomic E-state index is -0.359. The summed E-state index contributed by atoms with van der Waals surface area (Å²) in [5.41, 5.74) is 1.12. The van der Waals surface area contributed by atoms with Crippen LogP contribution in [0.1, 0.15) is 27.6 Å². The van der Waals surface area contributed by atoms with Crippen molar-refractivity contribution < 1.29 is 14.0 Å². The molecule has 2 rings (SSSR count). The average molecular weight is 219 g/mol. The van der Waals surface area contributed by atoms with E-state index < -0.39 is 0 Å². The summed E-state index contributed by atoms with van der Waals surface area (Å²) in [7, 11) is 0. The maximum absolute atomic E-state index is 12.2. The molecule has 3 nitrogen and oxygen atoms in total. The van der Waals surface area contributed by atoms with Crippen LogP contribution in [0.15, 0.2) is 36.2 Å². The first-order valence-corrected chi connectivity index (χ1v) is 4.86. The lowest BCUT2D eigenvalue weighted by Gasteiger charge is -2.12. The van der Waals surface area contributed by atoms with Crippen molar-refractivity contribution in [3.05, 3.63) is 47.3 Å². The largest absolute Gasteiger partial charge is 0.270 e. The summed E-state index contributed by atoms with van der Waals surface area (Å²) in [5.74, 6) is -0.719. The van der Waals surface area contributed by atoms with Gasteiger partial charge < -0.3 is 0 Å². The number of hydrogen-bond acceptors (Lipinski definition) is 2. The zero-order valence-electron chi connectivity index (χ0n) is 8.74. The van der Waals surface area contributed by atoms with Crippen LogP contribution in [0.4, 0.5) is 4.39 Å². The molecule has 1 aromatic carbocycles. The van der Waals surface area contributed by atoms with Crippen molar-refractivity contribution in [3.8, 4) is 0 Å². The van der Waals surface area contributed by atoms with Crippen molar-refractivity contribution in [1.29, 1.82) is 0 Å². The fourth-order valence-electron chi connectivity index (χ4n) is 1.67. The fourth-order valence-corrected chi connectivity index (χ4v) is 1.67. The zero-order chi connectivity index (χ0) is 11.7. The Morgan fingerprint density at radius 1 is 1.25 bits per heavy atom. The first-order valence-electron chi connectivity index (χ1n) is 4.86. The zero-order valence-corrected chi connectivity index (χ0v) is 8.74. The molecule has 1 aliphatic heterocycles. The lowest BCUT2D eigenvalue weighted by Crippen LogP contribution is -2.31. The molecule has 1 aliphatic rings. The second-order valence-corrected chi connectivity index (χ2v) is 3.70. The number of fused-ring (bicyclic) bond motifs is 1. The van der Waals surface area contributed by atoms with Gasteiger partial charge in [-0.3, -0.25) is 14.5 Å². The third-order valence-corrected chi connectivity index (χ3v) is 2.47. The summed E-state index contributed by atoms with van der Waals surface area (Å²) in [6, 6.07) is 6.60. The summed E-state index contributed by atoms with van der Waals surface area (Å²) in [6.07, 6.45) is 0.406. The van der Waals surface area contributed by atoms with Crippen molar-refractivity contribution >= 4 is 11.8 Å². The van der Waals surface area contributed by atoms with Crippen LogP contribution in [0.2, 0.25) is 0 Å². The number of benzene rings is 1. The van der Waals surface area contributed by atoms with E-state index in [0.29, 0.717) is 23.0 Å². The van der Waals surface area contributed by atoms with Crippen molar-refractivity contribution in [2.75, 3.05) is 6.54 Å². The molecule has 82 valence electrons. The number of rotatable bonds is 2. The highest BCUT2D eigenvalue weighted by Crippen LogP contribution is 2.22. The number of halogens is 1. The lowest BCUT2D eigenvalue weighted by molar-refractivity contribution is 0.0667. The molecule has 1 heterocycles. The van der Waals surface area contributed by atoms with Crippen LogP contribution in [0.3, 0.4) is 0 Å². The van der Waals surface area contributed by atoms with E-state index >= 15 is 0 Å². The fraction of sp³-hybridized carbons (Fsp3) is 0.167. The molecule has 0 bridgehead atoms. The van der Waals surface area contributed by atoms with E-state index in [4.69, 9.17) is 0 Å². The van der Waals surface area contributed by atoms with Gasteiger partial charge in [0, 0.05) is 0 Å². The molecule has 0 aliphatic carbocycles. The molecule has 0 saturated carbocycles. The van der Waals surface area contributed by atoms with E-state index in [0.717, 1.165) is 4.90 Å².